The van der Waals surface area contributed by atoms with E-state index in [1.54, 1.807) is 0 Å². The summed E-state index contributed by atoms with van der Waals surface area (Å²) in [5, 5.41) is 8.90. The van der Waals surface area contributed by atoms with Gasteiger partial charge in [-0.05, 0) is 6.07 Å². The first-order valence-electron chi connectivity index (χ1n) is 7.45. The van der Waals surface area contributed by atoms with Gasteiger partial charge >= 0.3 is 5.97 Å². The molecule has 0 bridgehead atoms. The van der Waals surface area contributed by atoms with Gasteiger partial charge in [0.1, 0.15) is 6.61 Å². The Morgan fingerprint density at radius 1 is 1.30 bits per heavy atom. The first kappa shape index (κ1) is 20.8. The number of methoxy groups -OCH3 is 2. The van der Waals surface area contributed by atoms with Gasteiger partial charge in [-0.25, -0.2) is 18.0 Å². The normalized spacial score (nSPS) is 12.8. The number of carbonyl (C=O) groups is 2. The van der Waals surface area contributed by atoms with Crippen LogP contribution >= 0.6 is 11.3 Å². The first-order chi connectivity index (χ1) is 12.6. The zero-order valence-corrected chi connectivity index (χ0v) is 15.1. The zero-order chi connectivity index (χ0) is 20.4. The average molecular weight is 407 g/mol. The highest BCUT2D eigenvalue weighted by molar-refractivity contribution is 7.19. The summed E-state index contributed by atoms with van der Waals surface area (Å²) in [5.41, 5.74) is 4.83. The topological polar surface area (TPSA) is 108 Å². The molecule has 0 aliphatic rings. The number of benzene rings is 1. The Kier molecular flexibility index (Phi) is 6.16. The first-order valence-corrected chi connectivity index (χ1v) is 8.27. The minimum Gasteiger partial charge on any atom is -0.493 e. The number of primary amides is 1. The van der Waals surface area contributed by atoms with Crippen LogP contribution in [-0.2, 0) is 20.2 Å². The van der Waals surface area contributed by atoms with E-state index >= 15 is 0 Å². The fraction of sp³-hybridized carbons (Fsp3) is 0.375. The maximum atomic E-state index is 14.6. The number of aliphatic carboxylic acids is 1. The Hall–Kier alpha value is -2.53. The molecular formula is C16H16F3NO6S. The fourth-order valence-corrected chi connectivity index (χ4v) is 3.43. The molecule has 1 atom stereocenters. The van der Waals surface area contributed by atoms with Crippen molar-refractivity contribution in [2.45, 2.75) is 18.4 Å². The molecule has 148 valence electrons. The number of ether oxygens (including phenoxy) is 3. The van der Waals surface area contributed by atoms with E-state index in [0.717, 1.165) is 6.07 Å². The summed E-state index contributed by atoms with van der Waals surface area (Å²) >= 11 is 0.580. The van der Waals surface area contributed by atoms with E-state index < -0.39 is 47.6 Å². The van der Waals surface area contributed by atoms with Gasteiger partial charge in [-0.3, -0.25) is 4.79 Å². The lowest BCUT2D eigenvalue weighted by Gasteiger charge is -2.19. The number of fused-ring (bicyclic) bond motifs is 1. The van der Waals surface area contributed by atoms with Crippen molar-refractivity contribution < 1.29 is 42.1 Å². The van der Waals surface area contributed by atoms with Crippen molar-refractivity contribution in [3.05, 3.63) is 22.8 Å². The Balaban J connectivity index is 2.39. The summed E-state index contributed by atoms with van der Waals surface area (Å²) in [7, 11) is 2.49. The third-order valence-corrected chi connectivity index (χ3v) is 4.81. The van der Waals surface area contributed by atoms with Gasteiger partial charge in [0.15, 0.2) is 23.4 Å². The van der Waals surface area contributed by atoms with Gasteiger partial charge in [-0.1, -0.05) is 0 Å². The Morgan fingerprint density at radius 3 is 2.48 bits per heavy atom. The Bertz CT molecular complexity index is 869. The number of carboxylic acid groups (broad SMARTS) is 1. The van der Waals surface area contributed by atoms with Crippen LogP contribution in [-0.4, -0.2) is 43.9 Å². The molecule has 0 radical (unpaired) electrons. The molecule has 2 rings (SSSR count). The smallest absolute Gasteiger partial charge is 0.333 e. The van der Waals surface area contributed by atoms with Gasteiger partial charge in [-0.15, -0.1) is 11.3 Å². The van der Waals surface area contributed by atoms with Crippen LogP contribution in [0.25, 0.3) is 10.1 Å². The number of halogens is 3. The number of alkyl halides is 2. The van der Waals surface area contributed by atoms with E-state index in [2.05, 4.69) is 4.74 Å². The predicted molar refractivity (Wildman–Crippen MR) is 90.0 cm³/mol. The van der Waals surface area contributed by atoms with Crippen molar-refractivity contribution in [2.75, 3.05) is 20.8 Å². The van der Waals surface area contributed by atoms with E-state index in [4.69, 9.17) is 20.3 Å². The van der Waals surface area contributed by atoms with Crippen LogP contribution in [0.15, 0.2) is 12.1 Å². The highest BCUT2D eigenvalue weighted by Crippen LogP contribution is 2.45. The zero-order valence-electron chi connectivity index (χ0n) is 14.3. The number of rotatable bonds is 9. The van der Waals surface area contributed by atoms with Gasteiger partial charge in [0.25, 0.3) is 5.92 Å². The summed E-state index contributed by atoms with van der Waals surface area (Å²) < 4.78 is 58.4. The van der Waals surface area contributed by atoms with Gasteiger partial charge in [0.05, 0.1) is 25.5 Å². The van der Waals surface area contributed by atoms with E-state index in [1.807, 2.05) is 0 Å². The van der Waals surface area contributed by atoms with Gasteiger partial charge in [0, 0.05) is 16.2 Å². The molecule has 1 aromatic carbocycles. The van der Waals surface area contributed by atoms with E-state index in [0.29, 0.717) is 11.3 Å². The number of carboxylic acids is 1. The highest BCUT2D eigenvalue weighted by Gasteiger charge is 2.40. The van der Waals surface area contributed by atoms with Crippen molar-refractivity contribution in [2.24, 2.45) is 5.73 Å². The molecular weight excluding hydrogens is 391 g/mol. The Labute approximate surface area is 155 Å². The largest absolute Gasteiger partial charge is 0.493 e. The predicted octanol–water partition coefficient (Wildman–Crippen LogP) is 2.49. The monoisotopic (exact) mass is 407 g/mol. The van der Waals surface area contributed by atoms with Crippen molar-refractivity contribution >= 4 is 33.3 Å². The molecule has 1 amide bonds. The SMILES string of the molecule is COc1cc2sc(C(F)(F)C[C@H](OCC(N)=O)C(=O)O)cc2c(F)c1OC. The molecule has 0 saturated carbocycles. The van der Waals surface area contributed by atoms with Gasteiger partial charge < -0.3 is 25.1 Å². The Morgan fingerprint density at radius 2 is 1.96 bits per heavy atom. The molecule has 0 fully saturated rings. The lowest BCUT2D eigenvalue weighted by atomic mass is 10.1. The summed E-state index contributed by atoms with van der Waals surface area (Å²) in [4.78, 5) is 21.2. The number of thiophene rings is 1. The minimum absolute atomic E-state index is 0.0346. The maximum absolute atomic E-state index is 14.6. The van der Waals surface area contributed by atoms with Crippen LogP contribution in [0.2, 0.25) is 0 Å². The lowest BCUT2D eigenvalue weighted by Crippen LogP contribution is -2.33. The fourth-order valence-electron chi connectivity index (χ4n) is 2.35. The second-order valence-corrected chi connectivity index (χ2v) is 6.55. The van der Waals surface area contributed by atoms with Crippen LogP contribution in [0, 0.1) is 5.82 Å². The molecule has 27 heavy (non-hydrogen) atoms. The van der Waals surface area contributed by atoms with Crippen LogP contribution in [0.1, 0.15) is 11.3 Å². The second-order valence-electron chi connectivity index (χ2n) is 5.46. The van der Waals surface area contributed by atoms with Crippen molar-refractivity contribution in [1.82, 2.24) is 0 Å². The quantitative estimate of drug-likeness (QED) is 0.661. The summed E-state index contributed by atoms with van der Waals surface area (Å²) in [6.07, 6.45) is -3.22. The van der Waals surface area contributed by atoms with Crippen molar-refractivity contribution in [1.29, 1.82) is 0 Å². The van der Waals surface area contributed by atoms with Crippen LogP contribution in [0.5, 0.6) is 11.5 Å². The molecule has 0 aliphatic carbocycles. The molecule has 11 heteroatoms. The molecule has 0 saturated heterocycles. The van der Waals surface area contributed by atoms with Crippen molar-refractivity contribution in [3.63, 3.8) is 0 Å². The molecule has 1 aromatic heterocycles. The second kappa shape index (κ2) is 8.01. The highest BCUT2D eigenvalue weighted by atomic mass is 32.1. The van der Waals surface area contributed by atoms with Gasteiger partial charge in [-0.2, -0.15) is 0 Å². The lowest BCUT2D eigenvalue weighted by molar-refractivity contribution is -0.159. The maximum Gasteiger partial charge on any atom is 0.333 e. The molecule has 2 aromatic rings. The number of nitrogens with two attached hydrogens (primary N) is 1. The minimum atomic E-state index is -3.66. The molecule has 7 nitrogen and oxygen atoms in total. The number of carbonyl (C=O) groups excluding carboxylic acids is 1. The summed E-state index contributed by atoms with van der Waals surface area (Å²) in [6.45, 7) is -0.817. The standard InChI is InChI=1S/C16H16F3NO6S/c1-24-8-4-10-7(13(17)14(8)25-2)3-11(27-10)16(18,19)5-9(15(22)23)26-6-12(20)21/h3-4,9H,5-6H2,1-2H3,(H2,20,21)(H,22,23)/t9-/m0/s1. The number of hydrogen-bond donors (Lipinski definition) is 2. The van der Waals surface area contributed by atoms with Crippen LogP contribution in [0.4, 0.5) is 13.2 Å². The molecule has 3 N–H and O–H groups in total. The van der Waals surface area contributed by atoms with Gasteiger partial charge in [0.2, 0.25) is 5.91 Å². The summed E-state index contributed by atoms with van der Waals surface area (Å²) in [5.74, 6) is -7.39. The van der Waals surface area contributed by atoms with E-state index in [1.165, 1.54) is 20.3 Å². The third kappa shape index (κ3) is 4.42. The average Bonchev–Trinajstić information content (AvgIpc) is 3.03. The van der Waals surface area contributed by atoms with Crippen LogP contribution in [0.3, 0.4) is 0 Å². The number of amides is 1. The van der Waals surface area contributed by atoms with Crippen molar-refractivity contribution in [3.8, 4) is 11.5 Å². The third-order valence-electron chi connectivity index (χ3n) is 3.61. The molecule has 0 spiro atoms. The molecule has 1 heterocycles. The number of hydrogen-bond acceptors (Lipinski definition) is 6. The molecule has 0 aliphatic heterocycles. The molecule has 0 unspecified atom stereocenters. The summed E-state index contributed by atoms with van der Waals surface area (Å²) in [6, 6.07) is 2.27. The van der Waals surface area contributed by atoms with E-state index in [9.17, 15) is 22.8 Å². The van der Waals surface area contributed by atoms with E-state index in [-0.39, 0.29) is 21.6 Å². The van der Waals surface area contributed by atoms with Crippen LogP contribution < -0.4 is 15.2 Å².